The third-order valence-corrected chi connectivity index (χ3v) is 4.08. The molecule has 0 aliphatic heterocycles. The van der Waals surface area contributed by atoms with Crippen molar-refractivity contribution in [2.75, 3.05) is 0 Å². The van der Waals surface area contributed by atoms with Gasteiger partial charge in [0.15, 0.2) is 0 Å². The minimum atomic E-state index is -4.68. The largest absolute Gasteiger partial charge is 0.417 e. The molecule has 21 heavy (non-hydrogen) atoms. The maximum atomic E-state index is 13.0. The third kappa shape index (κ3) is 3.54. The number of halogens is 5. The van der Waals surface area contributed by atoms with Crippen molar-refractivity contribution in [1.82, 2.24) is 0 Å². The van der Waals surface area contributed by atoms with Crippen LogP contribution in [0.2, 0.25) is 0 Å². The molecule has 0 aliphatic carbocycles. The fraction of sp³-hybridized carbons (Fsp3) is 0.0769. The molecule has 0 amide bonds. The van der Waals surface area contributed by atoms with Gasteiger partial charge in [0.2, 0.25) is 0 Å². The molecule has 0 bridgehead atoms. The zero-order chi connectivity index (χ0) is 15.8. The molecule has 112 valence electrons. The minimum Gasteiger partial charge on any atom is -0.207 e. The molecule has 0 fully saturated rings. The lowest BCUT2D eigenvalue weighted by atomic mass is 9.99. The van der Waals surface area contributed by atoms with E-state index in [1.54, 1.807) is 0 Å². The first-order chi connectivity index (χ1) is 9.59. The van der Waals surface area contributed by atoms with E-state index in [4.69, 9.17) is 10.7 Å². The number of alkyl halides is 3. The number of benzene rings is 2. The van der Waals surface area contributed by atoms with E-state index in [2.05, 4.69) is 0 Å². The summed E-state index contributed by atoms with van der Waals surface area (Å²) in [6, 6.07) is 6.45. The van der Waals surface area contributed by atoms with Gasteiger partial charge in [-0.25, -0.2) is 12.8 Å². The fourth-order valence-corrected chi connectivity index (χ4v) is 2.57. The summed E-state index contributed by atoms with van der Waals surface area (Å²) < 4.78 is 74.3. The summed E-state index contributed by atoms with van der Waals surface area (Å²) in [5.74, 6) is -0.617. The van der Waals surface area contributed by atoms with Crippen LogP contribution in [-0.4, -0.2) is 8.42 Å². The Labute approximate surface area is 122 Å². The first-order valence-electron chi connectivity index (χ1n) is 5.51. The smallest absolute Gasteiger partial charge is 0.207 e. The van der Waals surface area contributed by atoms with Gasteiger partial charge >= 0.3 is 6.18 Å². The van der Waals surface area contributed by atoms with E-state index in [1.807, 2.05) is 0 Å². The second-order valence-electron chi connectivity index (χ2n) is 4.15. The zero-order valence-corrected chi connectivity index (χ0v) is 11.7. The Morgan fingerprint density at radius 2 is 1.52 bits per heavy atom. The number of hydrogen-bond donors (Lipinski definition) is 0. The second kappa shape index (κ2) is 5.31. The van der Waals surface area contributed by atoms with E-state index in [1.165, 1.54) is 0 Å². The average molecular weight is 339 g/mol. The Balaban J connectivity index is 2.73. The Hall–Kier alpha value is -1.60. The molecule has 0 atom stereocenters. The van der Waals surface area contributed by atoms with Crippen LogP contribution < -0.4 is 0 Å². The lowest BCUT2D eigenvalue weighted by molar-refractivity contribution is -0.137. The Bertz CT molecular complexity index is 768. The van der Waals surface area contributed by atoms with Crippen molar-refractivity contribution in [1.29, 1.82) is 0 Å². The van der Waals surface area contributed by atoms with Crippen molar-refractivity contribution in [3.8, 4) is 11.1 Å². The maximum Gasteiger partial charge on any atom is 0.417 e. The molecule has 2 nitrogen and oxygen atoms in total. The van der Waals surface area contributed by atoms with Crippen molar-refractivity contribution < 1.29 is 26.0 Å². The highest BCUT2D eigenvalue weighted by atomic mass is 35.7. The van der Waals surface area contributed by atoms with Gasteiger partial charge in [-0.15, -0.1) is 0 Å². The minimum absolute atomic E-state index is 0.0332. The predicted molar refractivity (Wildman–Crippen MR) is 69.9 cm³/mol. The highest BCUT2D eigenvalue weighted by molar-refractivity contribution is 8.13. The normalized spacial score (nSPS) is 12.4. The molecule has 0 N–H and O–H groups in total. The summed E-state index contributed by atoms with van der Waals surface area (Å²) in [6.07, 6.45) is -4.68. The summed E-state index contributed by atoms with van der Waals surface area (Å²) >= 11 is 0. The highest BCUT2D eigenvalue weighted by Crippen LogP contribution is 2.38. The van der Waals surface area contributed by atoms with E-state index >= 15 is 0 Å². The quantitative estimate of drug-likeness (QED) is 0.599. The van der Waals surface area contributed by atoms with E-state index in [9.17, 15) is 26.0 Å². The van der Waals surface area contributed by atoms with Crippen LogP contribution in [0.15, 0.2) is 47.4 Å². The molecule has 0 heterocycles. The van der Waals surface area contributed by atoms with Crippen molar-refractivity contribution in [3.05, 3.63) is 53.8 Å². The van der Waals surface area contributed by atoms with Gasteiger partial charge in [-0.05, 0) is 41.5 Å². The first kappa shape index (κ1) is 15.8. The number of rotatable bonds is 2. The molecule has 0 aliphatic rings. The Morgan fingerprint density at radius 3 is 2.00 bits per heavy atom. The molecular formula is C13H7ClF4O2S. The van der Waals surface area contributed by atoms with Gasteiger partial charge in [-0.1, -0.05) is 12.1 Å². The lowest BCUT2D eigenvalue weighted by Gasteiger charge is -2.14. The molecule has 0 unspecified atom stereocenters. The molecular weight excluding hydrogens is 332 g/mol. The van der Waals surface area contributed by atoms with Crippen LogP contribution in [0.3, 0.4) is 0 Å². The van der Waals surface area contributed by atoms with Gasteiger partial charge < -0.3 is 0 Å². The van der Waals surface area contributed by atoms with Gasteiger partial charge in [0.1, 0.15) is 5.82 Å². The van der Waals surface area contributed by atoms with Crippen LogP contribution in [0.5, 0.6) is 0 Å². The standard InChI is InChI=1S/C13H7ClF4O2S/c14-21(19,20)10-5-6-12(13(16,17)18)11(7-10)8-1-3-9(15)4-2-8/h1-7H. The summed E-state index contributed by atoms with van der Waals surface area (Å²) in [4.78, 5) is -0.462. The van der Waals surface area contributed by atoms with Crippen LogP contribution in [0.4, 0.5) is 17.6 Å². The Morgan fingerprint density at radius 1 is 0.952 bits per heavy atom. The summed E-state index contributed by atoms with van der Waals surface area (Å²) in [7, 11) is 0.968. The molecule has 2 rings (SSSR count). The summed E-state index contributed by atoms with van der Waals surface area (Å²) in [5.41, 5.74) is -1.38. The van der Waals surface area contributed by atoms with Crippen LogP contribution >= 0.6 is 10.7 Å². The second-order valence-corrected chi connectivity index (χ2v) is 6.72. The molecule has 0 aromatic heterocycles. The molecule has 2 aromatic carbocycles. The fourth-order valence-electron chi connectivity index (χ4n) is 1.79. The zero-order valence-electron chi connectivity index (χ0n) is 10.2. The SMILES string of the molecule is O=S(=O)(Cl)c1ccc(C(F)(F)F)c(-c2ccc(F)cc2)c1. The van der Waals surface area contributed by atoms with Gasteiger partial charge in [0.05, 0.1) is 10.5 Å². The van der Waals surface area contributed by atoms with Crippen LogP contribution in [0.1, 0.15) is 5.56 Å². The van der Waals surface area contributed by atoms with Gasteiger partial charge in [-0.2, -0.15) is 13.2 Å². The van der Waals surface area contributed by atoms with Crippen molar-refractivity contribution in [3.63, 3.8) is 0 Å². The molecule has 0 spiro atoms. The molecule has 2 aromatic rings. The molecule has 8 heteroatoms. The monoisotopic (exact) mass is 338 g/mol. The first-order valence-corrected chi connectivity index (χ1v) is 7.82. The van der Waals surface area contributed by atoms with Gasteiger partial charge in [0, 0.05) is 10.7 Å². The maximum absolute atomic E-state index is 13.0. The van der Waals surface area contributed by atoms with E-state index < -0.39 is 31.5 Å². The summed E-state index contributed by atoms with van der Waals surface area (Å²) in [6.45, 7) is 0. The highest BCUT2D eigenvalue weighted by Gasteiger charge is 2.34. The molecule has 0 saturated heterocycles. The summed E-state index contributed by atoms with van der Waals surface area (Å²) in [5, 5.41) is 0. The average Bonchev–Trinajstić information content (AvgIpc) is 2.37. The topological polar surface area (TPSA) is 34.1 Å². The van der Waals surface area contributed by atoms with E-state index in [-0.39, 0.29) is 11.1 Å². The van der Waals surface area contributed by atoms with Crippen molar-refractivity contribution in [2.45, 2.75) is 11.1 Å². The molecule has 0 saturated carbocycles. The van der Waals surface area contributed by atoms with Crippen LogP contribution in [0.25, 0.3) is 11.1 Å². The Kier molecular flexibility index (Phi) is 3.99. The van der Waals surface area contributed by atoms with Crippen LogP contribution in [-0.2, 0) is 15.2 Å². The van der Waals surface area contributed by atoms with E-state index in [0.717, 1.165) is 36.4 Å². The third-order valence-electron chi connectivity index (χ3n) is 2.73. The predicted octanol–water partition coefficient (Wildman–Crippen LogP) is 4.44. The lowest BCUT2D eigenvalue weighted by Crippen LogP contribution is -2.08. The van der Waals surface area contributed by atoms with Crippen molar-refractivity contribution >= 4 is 19.7 Å². The molecule has 0 radical (unpaired) electrons. The number of hydrogen-bond acceptors (Lipinski definition) is 2. The van der Waals surface area contributed by atoms with Crippen LogP contribution in [0, 0.1) is 5.82 Å². The van der Waals surface area contributed by atoms with Gasteiger partial charge in [-0.3, -0.25) is 0 Å². The van der Waals surface area contributed by atoms with Crippen molar-refractivity contribution in [2.24, 2.45) is 0 Å². The van der Waals surface area contributed by atoms with E-state index in [0.29, 0.717) is 6.07 Å². The van der Waals surface area contributed by atoms with Gasteiger partial charge in [0.25, 0.3) is 9.05 Å².